The number of nitrogens with zero attached hydrogens (tertiary/aromatic N) is 2. The third kappa shape index (κ3) is 2.42. The van der Waals surface area contributed by atoms with Crippen molar-refractivity contribution in [3.8, 4) is 5.75 Å². The Labute approximate surface area is 122 Å². The summed E-state index contributed by atoms with van der Waals surface area (Å²) >= 11 is 0. The van der Waals surface area contributed by atoms with Gasteiger partial charge in [-0.3, -0.25) is 15.2 Å². The van der Waals surface area contributed by atoms with Crippen molar-refractivity contribution in [2.45, 2.75) is 25.4 Å². The van der Waals surface area contributed by atoms with Crippen LogP contribution in [0.1, 0.15) is 17.5 Å². The highest BCUT2D eigenvalue weighted by Crippen LogP contribution is 2.33. The molecule has 0 bridgehead atoms. The number of rotatable bonds is 2. The molecule has 2 heterocycles. The first-order chi connectivity index (χ1) is 10.0. The lowest BCUT2D eigenvalue weighted by Gasteiger charge is -2.36. The van der Waals surface area contributed by atoms with Gasteiger partial charge in [0.1, 0.15) is 11.4 Å². The lowest BCUT2D eigenvalue weighted by atomic mass is 9.96. The molecule has 1 fully saturated rings. The molecule has 21 heavy (non-hydrogen) atoms. The monoisotopic (exact) mass is 295 g/mol. The van der Waals surface area contributed by atoms with Crippen LogP contribution in [0.25, 0.3) is 0 Å². The van der Waals surface area contributed by atoms with Crippen LogP contribution < -0.4 is 5.32 Å². The molecule has 2 N–H and O–H groups in total. The van der Waals surface area contributed by atoms with Crippen LogP contribution in [-0.4, -0.2) is 54.0 Å². The highest BCUT2D eigenvalue weighted by atomic mass is 19.3. The van der Waals surface area contributed by atoms with E-state index < -0.39 is 12.1 Å². The first-order valence-corrected chi connectivity index (χ1v) is 7.14. The molecule has 0 spiro atoms. The fraction of sp³-hybridized carbons (Fsp3) is 0.533. The summed E-state index contributed by atoms with van der Waals surface area (Å²) < 4.78 is 27.4. The van der Waals surface area contributed by atoms with Gasteiger partial charge in [-0.05, 0) is 19.1 Å². The second-order valence-corrected chi connectivity index (χ2v) is 5.66. The van der Waals surface area contributed by atoms with Crippen LogP contribution in [-0.2, 0) is 0 Å². The van der Waals surface area contributed by atoms with Gasteiger partial charge < -0.3 is 5.11 Å². The van der Waals surface area contributed by atoms with Crippen molar-refractivity contribution in [1.82, 2.24) is 10.2 Å². The van der Waals surface area contributed by atoms with Crippen molar-refractivity contribution in [3.63, 3.8) is 0 Å². The molecule has 114 valence electrons. The highest BCUT2D eigenvalue weighted by molar-refractivity contribution is 6.03. The second-order valence-electron chi connectivity index (χ2n) is 5.66. The maximum Gasteiger partial charge on any atom is 0.270 e. The Kier molecular flexibility index (Phi) is 3.67. The van der Waals surface area contributed by atoms with Crippen LogP contribution in [0.15, 0.2) is 23.2 Å². The normalized spacial score (nSPS) is 26.6. The Bertz CT molecular complexity index is 576. The minimum absolute atomic E-state index is 0.0928. The van der Waals surface area contributed by atoms with Crippen LogP contribution in [0.4, 0.5) is 8.78 Å². The van der Waals surface area contributed by atoms with Crippen molar-refractivity contribution in [3.05, 3.63) is 29.3 Å². The number of phenolic OH excluding ortho intramolecular Hbond substituents is 1. The van der Waals surface area contributed by atoms with Gasteiger partial charge in [0.05, 0.1) is 6.54 Å². The summed E-state index contributed by atoms with van der Waals surface area (Å²) in [4.78, 5) is 6.23. The summed E-state index contributed by atoms with van der Waals surface area (Å²) in [6.45, 7) is 4.04. The molecule has 1 aromatic carbocycles. The summed E-state index contributed by atoms with van der Waals surface area (Å²) in [6.07, 6.45) is -2.41. The third-order valence-electron chi connectivity index (χ3n) is 4.31. The Balaban J connectivity index is 2.00. The Hall–Kier alpha value is -1.53. The lowest BCUT2D eigenvalue weighted by molar-refractivity contribution is -0.0375. The van der Waals surface area contributed by atoms with Gasteiger partial charge in [0, 0.05) is 37.3 Å². The Morgan fingerprint density at radius 2 is 2.19 bits per heavy atom. The molecule has 2 aliphatic heterocycles. The van der Waals surface area contributed by atoms with Crippen LogP contribution in [0.5, 0.6) is 5.75 Å². The fourth-order valence-electron chi connectivity index (χ4n) is 3.17. The molecule has 0 radical (unpaired) electrons. The smallest absolute Gasteiger partial charge is 0.270 e. The highest BCUT2D eigenvalue weighted by Gasteiger charge is 2.50. The number of phenols is 1. The predicted octanol–water partition coefficient (Wildman–Crippen LogP) is 1.76. The first kappa shape index (κ1) is 14.4. The van der Waals surface area contributed by atoms with E-state index in [1.165, 1.54) is 0 Å². The third-order valence-corrected chi connectivity index (χ3v) is 4.31. The molecule has 0 amide bonds. The summed E-state index contributed by atoms with van der Waals surface area (Å²) in [5, 5.41) is 13.0. The zero-order valence-electron chi connectivity index (χ0n) is 11.9. The van der Waals surface area contributed by atoms with Gasteiger partial charge in [-0.2, -0.15) is 0 Å². The molecule has 4 nitrogen and oxygen atoms in total. The maximum atomic E-state index is 13.7. The molecule has 1 unspecified atom stereocenters. The molecule has 6 heteroatoms. The largest absolute Gasteiger partial charge is 0.507 e. The quantitative estimate of drug-likeness (QED) is 0.874. The maximum absolute atomic E-state index is 13.7. The summed E-state index contributed by atoms with van der Waals surface area (Å²) in [5.41, 5.74) is 0.724. The molecular weight excluding hydrogens is 276 g/mol. The summed E-state index contributed by atoms with van der Waals surface area (Å²) in [6, 6.07) is 5.18. The number of aliphatic imine (C=N–C) groups is 1. The standard InChI is InChI=1S/C15H19F2N3O/c1-10-2-3-13(21)11(8-10)12-9-15(14(16)17)19-5-7-20(15)6-4-18-12/h2-3,8,14,19,21H,4-7,9H2,1H3. The Morgan fingerprint density at radius 3 is 2.95 bits per heavy atom. The van der Waals surface area contributed by atoms with E-state index in [2.05, 4.69) is 10.3 Å². The van der Waals surface area contributed by atoms with Gasteiger partial charge in [-0.1, -0.05) is 11.6 Å². The van der Waals surface area contributed by atoms with Crippen LogP contribution in [0, 0.1) is 6.92 Å². The van der Waals surface area contributed by atoms with Gasteiger partial charge in [0.2, 0.25) is 0 Å². The van der Waals surface area contributed by atoms with E-state index in [9.17, 15) is 13.9 Å². The van der Waals surface area contributed by atoms with Crippen molar-refractivity contribution in [2.75, 3.05) is 26.2 Å². The van der Waals surface area contributed by atoms with Crippen LogP contribution in [0.2, 0.25) is 0 Å². The van der Waals surface area contributed by atoms with Gasteiger partial charge in [-0.15, -0.1) is 0 Å². The average Bonchev–Trinajstić information content (AvgIpc) is 2.76. The first-order valence-electron chi connectivity index (χ1n) is 7.14. The van der Waals surface area contributed by atoms with Gasteiger partial charge in [0.25, 0.3) is 6.43 Å². The molecule has 1 aromatic rings. The van der Waals surface area contributed by atoms with E-state index in [1.54, 1.807) is 23.1 Å². The van der Waals surface area contributed by atoms with Crippen molar-refractivity contribution in [1.29, 1.82) is 0 Å². The van der Waals surface area contributed by atoms with Crippen molar-refractivity contribution in [2.24, 2.45) is 4.99 Å². The van der Waals surface area contributed by atoms with Crippen molar-refractivity contribution >= 4 is 5.71 Å². The average molecular weight is 295 g/mol. The second kappa shape index (κ2) is 5.35. The van der Waals surface area contributed by atoms with E-state index >= 15 is 0 Å². The van der Waals surface area contributed by atoms with E-state index in [4.69, 9.17) is 0 Å². The van der Waals surface area contributed by atoms with Gasteiger partial charge >= 0.3 is 0 Å². The number of alkyl halides is 2. The molecular formula is C15H19F2N3O. The minimum atomic E-state index is -2.50. The number of fused-ring (bicyclic) bond motifs is 1. The van der Waals surface area contributed by atoms with Gasteiger partial charge in [0.15, 0.2) is 0 Å². The molecule has 1 atom stereocenters. The fourth-order valence-corrected chi connectivity index (χ4v) is 3.17. The molecule has 1 saturated heterocycles. The molecule has 3 rings (SSSR count). The number of halogens is 2. The minimum Gasteiger partial charge on any atom is -0.507 e. The molecule has 0 aliphatic carbocycles. The number of nitrogens with one attached hydrogen (secondary N) is 1. The number of benzene rings is 1. The van der Waals surface area contributed by atoms with Crippen molar-refractivity contribution < 1.29 is 13.9 Å². The zero-order chi connectivity index (χ0) is 15.0. The molecule has 0 aromatic heterocycles. The SMILES string of the molecule is Cc1ccc(O)c(C2=NCCN3CCNC3(C(F)F)C2)c1. The van der Waals surface area contributed by atoms with Crippen LogP contribution in [0.3, 0.4) is 0 Å². The summed E-state index contributed by atoms with van der Waals surface area (Å²) in [7, 11) is 0. The number of aromatic hydroxyl groups is 1. The molecule has 2 aliphatic rings. The number of aryl methyl sites for hydroxylation is 1. The number of hydrogen-bond donors (Lipinski definition) is 2. The summed E-state index contributed by atoms with van der Waals surface area (Å²) in [5.74, 6) is 0.0928. The van der Waals surface area contributed by atoms with E-state index in [0.717, 1.165) is 5.56 Å². The van der Waals surface area contributed by atoms with E-state index in [0.29, 0.717) is 37.5 Å². The van der Waals surface area contributed by atoms with E-state index in [-0.39, 0.29) is 12.2 Å². The Morgan fingerprint density at radius 1 is 1.38 bits per heavy atom. The lowest BCUT2D eigenvalue weighted by Crippen LogP contribution is -2.58. The number of hydrogen-bond acceptors (Lipinski definition) is 4. The topological polar surface area (TPSA) is 47.9 Å². The van der Waals surface area contributed by atoms with Gasteiger partial charge in [-0.25, -0.2) is 8.78 Å². The van der Waals surface area contributed by atoms with E-state index in [1.807, 2.05) is 6.92 Å². The van der Waals surface area contributed by atoms with Crippen LogP contribution >= 0.6 is 0 Å². The molecule has 0 saturated carbocycles. The predicted molar refractivity (Wildman–Crippen MR) is 77.2 cm³/mol. The zero-order valence-corrected chi connectivity index (χ0v) is 11.9.